The summed E-state index contributed by atoms with van der Waals surface area (Å²) in [5.41, 5.74) is 6.86. The Labute approximate surface area is 254 Å². The lowest BCUT2D eigenvalue weighted by molar-refractivity contribution is -0.384. The molecule has 1 aromatic heterocycles. The first kappa shape index (κ1) is 31.5. The van der Waals surface area contributed by atoms with Gasteiger partial charge in [-0.3, -0.25) is 14.9 Å². The summed E-state index contributed by atoms with van der Waals surface area (Å²) in [5.74, 6) is 2.78. The molecule has 0 bridgehead atoms. The fourth-order valence-corrected chi connectivity index (χ4v) is 5.13. The number of benzene rings is 3. The zero-order chi connectivity index (χ0) is 30.9. The van der Waals surface area contributed by atoms with Crippen molar-refractivity contribution in [2.75, 3.05) is 37.7 Å². The van der Waals surface area contributed by atoms with E-state index in [0.29, 0.717) is 19.0 Å². The molecule has 0 saturated carbocycles. The van der Waals surface area contributed by atoms with Crippen LogP contribution in [0, 0.1) is 23.0 Å². The standard InChI is InChI=1S/C22H28N2O.C12H15N3O3/c1-5-15(3)11-12-25-22-10-8-18(13-17(22)6-2)19-7-9-20-21(14-19)24-16(4)23-20;1-10(16)13-6-8-14(9-7-13)11-2-4-12(5-3-11)15(17)18/h7-10,13-15H,5-6,11-12H2,1-4H3,(H,23,24);2-5H,6-9H2,1H3. The number of nitro benzene ring substituents is 1. The van der Waals surface area contributed by atoms with Crippen molar-refractivity contribution < 1.29 is 14.5 Å². The highest BCUT2D eigenvalue weighted by Gasteiger charge is 2.19. The van der Waals surface area contributed by atoms with E-state index in [0.717, 1.165) is 60.8 Å². The van der Waals surface area contributed by atoms with E-state index in [1.165, 1.54) is 35.2 Å². The van der Waals surface area contributed by atoms with E-state index in [9.17, 15) is 14.9 Å². The normalized spacial score (nSPS) is 13.8. The topological polar surface area (TPSA) is 105 Å². The molecule has 1 fully saturated rings. The van der Waals surface area contributed by atoms with Gasteiger partial charge in [0, 0.05) is 50.9 Å². The number of hydrogen-bond acceptors (Lipinski definition) is 6. The Balaban J connectivity index is 0.000000208. The molecule has 1 aliphatic heterocycles. The maximum absolute atomic E-state index is 11.2. The van der Waals surface area contributed by atoms with Crippen LogP contribution in [0.25, 0.3) is 22.2 Å². The van der Waals surface area contributed by atoms with Crippen molar-refractivity contribution in [2.24, 2.45) is 5.92 Å². The molecule has 1 atom stereocenters. The SMILES string of the molecule is CC(=O)N1CCN(c2ccc([N+](=O)[O-])cc2)CC1.CCc1cc(-c2ccc3nc(C)[nH]c3c2)ccc1OCCC(C)CC. The van der Waals surface area contributed by atoms with Crippen molar-refractivity contribution in [3.63, 3.8) is 0 Å². The summed E-state index contributed by atoms with van der Waals surface area (Å²) in [7, 11) is 0. The Bertz CT molecular complexity index is 1520. The first-order valence-corrected chi connectivity index (χ1v) is 15.2. The lowest BCUT2D eigenvalue weighted by Crippen LogP contribution is -2.48. The average molecular weight is 586 g/mol. The highest BCUT2D eigenvalue weighted by Crippen LogP contribution is 2.29. The quantitative estimate of drug-likeness (QED) is 0.165. The highest BCUT2D eigenvalue weighted by atomic mass is 16.6. The Morgan fingerprint density at radius 2 is 1.70 bits per heavy atom. The molecule has 0 aliphatic carbocycles. The Kier molecular flexibility index (Phi) is 10.8. The van der Waals surface area contributed by atoms with Crippen LogP contribution in [0.2, 0.25) is 0 Å². The smallest absolute Gasteiger partial charge is 0.269 e. The number of aromatic amines is 1. The maximum atomic E-state index is 11.2. The molecular formula is C34H43N5O4. The molecule has 1 amide bonds. The van der Waals surface area contributed by atoms with E-state index < -0.39 is 4.92 Å². The molecule has 1 unspecified atom stereocenters. The van der Waals surface area contributed by atoms with Gasteiger partial charge in [0.15, 0.2) is 0 Å². The second-order valence-electron chi connectivity index (χ2n) is 11.1. The third-order valence-corrected chi connectivity index (χ3v) is 8.09. The monoisotopic (exact) mass is 585 g/mol. The maximum Gasteiger partial charge on any atom is 0.269 e. The van der Waals surface area contributed by atoms with E-state index in [4.69, 9.17) is 4.74 Å². The van der Waals surface area contributed by atoms with Crippen molar-refractivity contribution in [2.45, 2.75) is 53.9 Å². The molecule has 1 aliphatic rings. The first-order valence-electron chi connectivity index (χ1n) is 15.2. The molecule has 3 aromatic carbocycles. The van der Waals surface area contributed by atoms with Crippen LogP contribution in [0.5, 0.6) is 5.75 Å². The van der Waals surface area contributed by atoms with Crippen LogP contribution in [0.15, 0.2) is 60.7 Å². The molecule has 9 heteroatoms. The molecule has 0 spiro atoms. The minimum atomic E-state index is -0.405. The first-order chi connectivity index (χ1) is 20.7. The molecule has 228 valence electrons. The molecule has 1 saturated heterocycles. The van der Waals surface area contributed by atoms with Gasteiger partial charge in [0.2, 0.25) is 5.91 Å². The predicted molar refractivity (Wildman–Crippen MR) is 173 cm³/mol. The number of carbonyl (C=O) groups is 1. The second-order valence-corrected chi connectivity index (χ2v) is 11.1. The molecule has 1 N–H and O–H groups in total. The number of nitrogens with zero attached hydrogens (tertiary/aromatic N) is 4. The summed E-state index contributed by atoms with van der Waals surface area (Å²) in [4.78, 5) is 33.1. The number of ether oxygens (including phenoxy) is 1. The van der Waals surface area contributed by atoms with Gasteiger partial charge in [0.05, 0.1) is 22.6 Å². The minimum Gasteiger partial charge on any atom is -0.493 e. The van der Waals surface area contributed by atoms with E-state index in [-0.39, 0.29) is 11.6 Å². The average Bonchev–Trinajstić information content (AvgIpc) is 3.40. The van der Waals surface area contributed by atoms with Crippen LogP contribution in [0.4, 0.5) is 11.4 Å². The number of fused-ring (bicyclic) bond motifs is 1. The number of rotatable bonds is 9. The van der Waals surface area contributed by atoms with Crippen molar-refractivity contribution in [3.05, 3.63) is 82.2 Å². The predicted octanol–water partition coefficient (Wildman–Crippen LogP) is 7.18. The number of piperazine rings is 1. The van der Waals surface area contributed by atoms with Crippen LogP contribution in [-0.4, -0.2) is 58.5 Å². The number of anilines is 1. The van der Waals surface area contributed by atoms with Gasteiger partial charge in [-0.15, -0.1) is 0 Å². The fourth-order valence-electron chi connectivity index (χ4n) is 5.13. The molecule has 4 aromatic rings. The number of H-pyrrole nitrogens is 1. The minimum absolute atomic E-state index is 0.0957. The number of hydrogen-bond donors (Lipinski definition) is 1. The van der Waals surface area contributed by atoms with Gasteiger partial charge < -0.3 is 19.5 Å². The van der Waals surface area contributed by atoms with Gasteiger partial charge in [-0.25, -0.2) is 4.98 Å². The molecule has 2 heterocycles. The van der Waals surface area contributed by atoms with Crippen molar-refractivity contribution in [1.82, 2.24) is 14.9 Å². The number of nitrogens with one attached hydrogen (secondary N) is 1. The molecule has 0 radical (unpaired) electrons. The number of nitro groups is 1. The summed E-state index contributed by atoms with van der Waals surface area (Å²) in [5, 5.41) is 10.6. The van der Waals surface area contributed by atoms with Gasteiger partial charge in [-0.2, -0.15) is 0 Å². The van der Waals surface area contributed by atoms with Gasteiger partial charge >= 0.3 is 0 Å². The number of aryl methyl sites for hydroxylation is 2. The number of amides is 1. The largest absolute Gasteiger partial charge is 0.493 e. The van der Waals surface area contributed by atoms with Crippen molar-refractivity contribution >= 4 is 28.3 Å². The summed E-state index contributed by atoms with van der Waals surface area (Å²) in [6.07, 6.45) is 3.29. The van der Waals surface area contributed by atoms with Crippen LogP contribution >= 0.6 is 0 Å². The fraction of sp³-hybridized carbons (Fsp3) is 0.412. The van der Waals surface area contributed by atoms with Gasteiger partial charge in [0.25, 0.3) is 5.69 Å². The van der Waals surface area contributed by atoms with Crippen LogP contribution in [0.1, 0.15) is 51.9 Å². The third kappa shape index (κ3) is 8.34. The zero-order valence-electron chi connectivity index (χ0n) is 25.9. The van der Waals surface area contributed by atoms with E-state index in [1.54, 1.807) is 19.1 Å². The second kappa shape index (κ2) is 14.7. The van der Waals surface area contributed by atoms with E-state index in [2.05, 4.69) is 72.0 Å². The van der Waals surface area contributed by atoms with Crippen LogP contribution in [-0.2, 0) is 11.2 Å². The third-order valence-electron chi connectivity index (χ3n) is 8.09. The molecule has 9 nitrogen and oxygen atoms in total. The number of imidazole rings is 1. The highest BCUT2D eigenvalue weighted by molar-refractivity contribution is 5.82. The van der Waals surface area contributed by atoms with Crippen LogP contribution in [0.3, 0.4) is 0 Å². The van der Waals surface area contributed by atoms with Crippen molar-refractivity contribution in [3.8, 4) is 16.9 Å². The number of aromatic nitrogens is 2. The van der Waals surface area contributed by atoms with Gasteiger partial charge in [0.1, 0.15) is 11.6 Å². The molecule has 5 rings (SSSR count). The molecule has 43 heavy (non-hydrogen) atoms. The van der Waals surface area contributed by atoms with E-state index in [1.807, 2.05) is 11.8 Å². The Morgan fingerprint density at radius 3 is 2.33 bits per heavy atom. The lowest BCUT2D eigenvalue weighted by Gasteiger charge is -2.35. The Morgan fingerprint density at radius 1 is 1.02 bits per heavy atom. The molecular weight excluding hydrogens is 542 g/mol. The summed E-state index contributed by atoms with van der Waals surface area (Å²) >= 11 is 0. The lowest BCUT2D eigenvalue weighted by atomic mass is 10.0. The summed E-state index contributed by atoms with van der Waals surface area (Å²) < 4.78 is 6.05. The van der Waals surface area contributed by atoms with Gasteiger partial charge in [-0.1, -0.05) is 39.3 Å². The van der Waals surface area contributed by atoms with Crippen molar-refractivity contribution in [1.29, 1.82) is 0 Å². The van der Waals surface area contributed by atoms with E-state index >= 15 is 0 Å². The van der Waals surface area contributed by atoms with Crippen LogP contribution < -0.4 is 9.64 Å². The number of carbonyl (C=O) groups excluding carboxylic acids is 1. The Hall–Kier alpha value is -4.40. The summed E-state index contributed by atoms with van der Waals surface area (Å²) in [6.45, 7) is 14.0. The van der Waals surface area contributed by atoms with Gasteiger partial charge in [-0.05, 0) is 78.8 Å². The zero-order valence-corrected chi connectivity index (χ0v) is 25.9. The number of non-ortho nitro benzene ring substituents is 1. The summed E-state index contributed by atoms with van der Waals surface area (Å²) in [6, 6.07) is 19.4.